The number of hydrogen-bond acceptors (Lipinski definition) is 5. The second-order valence-electron chi connectivity index (χ2n) is 5.39. The summed E-state index contributed by atoms with van der Waals surface area (Å²) in [5.41, 5.74) is 5.66. The van der Waals surface area contributed by atoms with E-state index in [1.807, 2.05) is 0 Å². The van der Waals surface area contributed by atoms with Crippen LogP contribution in [0.5, 0.6) is 5.75 Å². The molecule has 1 aromatic carbocycles. The van der Waals surface area contributed by atoms with Crippen LogP contribution in [-0.2, 0) is 4.74 Å². The van der Waals surface area contributed by atoms with Crippen LogP contribution < -0.4 is 10.5 Å². The van der Waals surface area contributed by atoms with Crippen LogP contribution in [0.3, 0.4) is 0 Å². The number of likely N-dealkylation sites (N-methyl/N-ethyl adjacent to an activating group) is 1. The zero-order valence-corrected chi connectivity index (χ0v) is 12.9. The van der Waals surface area contributed by atoms with Crippen molar-refractivity contribution in [3.63, 3.8) is 0 Å². The molecule has 0 aliphatic carbocycles. The van der Waals surface area contributed by atoms with E-state index >= 15 is 0 Å². The first-order valence-corrected chi connectivity index (χ1v) is 7.64. The molecule has 0 bridgehead atoms. The summed E-state index contributed by atoms with van der Waals surface area (Å²) in [6, 6.07) is 6.88. The highest BCUT2D eigenvalue weighted by Crippen LogP contribution is 2.15. The second kappa shape index (κ2) is 8.12. The molecule has 2 atom stereocenters. The van der Waals surface area contributed by atoms with Gasteiger partial charge in [-0.15, -0.1) is 0 Å². The van der Waals surface area contributed by atoms with Crippen LogP contribution in [0.1, 0.15) is 23.7 Å². The van der Waals surface area contributed by atoms with Crippen LogP contribution in [0.4, 0.5) is 0 Å². The zero-order valence-electron chi connectivity index (χ0n) is 12.9. The molecule has 0 saturated carbocycles. The van der Waals surface area contributed by atoms with Gasteiger partial charge in [0.1, 0.15) is 5.75 Å². The summed E-state index contributed by atoms with van der Waals surface area (Å²) in [6.45, 7) is 5.39. The third-order valence-electron chi connectivity index (χ3n) is 3.89. The molecule has 0 spiro atoms. The summed E-state index contributed by atoms with van der Waals surface area (Å²) >= 11 is 0. The first-order chi connectivity index (χ1) is 10.6. The van der Waals surface area contributed by atoms with Gasteiger partial charge >= 0.3 is 0 Å². The maximum atomic E-state index is 11.0. The Morgan fingerprint density at radius 2 is 2.14 bits per heavy atom. The van der Waals surface area contributed by atoms with Crippen molar-refractivity contribution in [2.75, 3.05) is 32.9 Å². The smallest absolute Gasteiger partial charge is 0.248 e. The largest absolute Gasteiger partial charge is 0.494 e. The highest BCUT2D eigenvalue weighted by Gasteiger charge is 2.30. The molecule has 1 heterocycles. The number of ether oxygens (including phenoxy) is 2. The Balaban J connectivity index is 1.72. The number of hydrogen-bond donors (Lipinski definition) is 2. The van der Waals surface area contributed by atoms with E-state index in [0.29, 0.717) is 25.4 Å². The van der Waals surface area contributed by atoms with Crippen molar-refractivity contribution in [1.29, 1.82) is 0 Å². The van der Waals surface area contributed by atoms with Crippen molar-refractivity contribution in [1.82, 2.24) is 4.90 Å². The van der Waals surface area contributed by atoms with Crippen molar-refractivity contribution in [3.05, 3.63) is 29.8 Å². The maximum absolute atomic E-state index is 11.0. The molecule has 0 radical (unpaired) electrons. The third-order valence-corrected chi connectivity index (χ3v) is 3.89. The standard InChI is InChI=1S/C16H24N2O4/c1-2-18(14-10-21-11-15(14)19)8-3-9-22-13-6-4-12(5-7-13)16(17)20/h4-7,14-15,19H,2-3,8-11H2,1H3,(H2,17,20)/t14-,15-/m1/s1. The van der Waals surface area contributed by atoms with Crippen LogP contribution in [0, 0.1) is 0 Å². The van der Waals surface area contributed by atoms with E-state index in [-0.39, 0.29) is 6.04 Å². The fourth-order valence-corrected chi connectivity index (χ4v) is 2.61. The van der Waals surface area contributed by atoms with Crippen molar-refractivity contribution in [3.8, 4) is 5.75 Å². The summed E-state index contributed by atoms with van der Waals surface area (Å²) < 4.78 is 11.0. The third kappa shape index (κ3) is 4.43. The average Bonchev–Trinajstić information content (AvgIpc) is 2.94. The minimum absolute atomic E-state index is 0.0832. The fourth-order valence-electron chi connectivity index (χ4n) is 2.61. The fraction of sp³-hybridized carbons (Fsp3) is 0.562. The first kappa shape index (κ1) is 16.7. The van der Waals surface area contributed by atoms with E-state index in [1.165, 1.54) is 0 Å². The van der Waals surface area contributed by atoms with Gasteiger partial charge in [0.15, 0.2) is 0 Å². The van der Waals surface area contributed by atoms with Crippen molar-refractivity contribution in [2.24, 2.45) is 5.73 Å². The van der Waals surface area contributed by atoms with Gasteiger partial charge in [0, 0.05) is 12.1 Å². The lowest BCUT2D eigenvalue weighted by Crippen LogP contribution is -2.43. The number of carbonyl (C=O) groups is 1. The molecule has 6 nitrogen and oxygen atoms in total. The molecule has 3 N–H and O–H groups in total. The number of primary amides is 1. The number of nitrogens with zero attached hydrogens (tertiary/aromatic N) is 1. The lowest BCUT2D eigenvalue weighted by atomic mass is 10.1. The van der Waals surface area contributed by atoms with Crippen molar-refractivity contribution >= 4 is 5.91 Å². The highest BCUT2D eigenvalue weighted by molar-refractivity contribution is 5.92. The van der Waals surface area contributed by atoms with Gasteiger partial charge in [-0.3, -0.25) is 9.69 Å². The Morgan fingerprint density at radius 1 is 1.41 bits per heavy atom. The van der Waals surface area contributed by atoms with Gasteiger partial charge < -0.3 is 20.3 Å². The average molecular weight is 308 g/mol. The summed E-state index contributed by atoms with van der Waals surface area (Å²) in [5.74, 6) is 0.278. The topological polar surface area (TPSA) is 85.0 Å². The number of nitrogens with two attached hydrogens (primary N) is 1. The van der Waals surface area contributed by atoms with E-state index in [4.69, 9.17) is 15.2 Å². The van der Waals surface area contributed by atoms with Gasteiger partial charge in [-0.1, -0.05) is 6.92 Å². The Kier molecular flexibility index (Phi) is 6.18. The summed E-state index contributed by atoms with van der Waals surface area (Å²) in [5, 5.41) is 9.86. The van der Waals surface area contributed by atoms with E-state index in [2.05, 4.69) is 11.8 Å². The summed E-state index contributed by atoms with van der Waals surface area (Å²) in [7, 11) is 0. The number of rotatable bonds is 8. The normalized spacial score (nSPS) is 21.2. The van der Waals surface area contributed by atoms with Gasteiger partial charge in [0.05, 0.1) is 32.0 Å². The number of benzene rings is 1. The number of carbonyl (C=O) groups excluding carboxylic acids is 1. The van der Waals surface area contributed by atoms with E-state index in [9.17, 15) is 9.90 Å². The van der Waals surface area contributed by atoms with Crippen LogP contribution >= 0.6 is 0 Å². The molecule has 6 heteroatoms. The SMILES string of the molecule is CCN(CCCOc1ccc(C(N)=O)cc1)[C@@H]1COC[C@H]1O. The molecule has 1 fully saturated rings. The number of aliphatic hydroxyl groups is 1. The van der Waals surface area contributed by atoms with Crippen LogP contribution in [0.15, 0.2) is 24.3 Å². The van der Waals surface area contributed by atoms with Crippen molar-refractivity contribution < 1.29 is 19.4 Å². The predicted molar refractivity (Wildman–Crippen MR) is 82.9 cm³/mol. The molecule has 0 unspecified atom stereocenters. The molecule has 122 valence electrons. The van der Waals surface area contributed by atoms with E-state index in [0.717, 1.165) is 25.3 Å². The Hall–Kier alpha value is -1.63. The van der Waals surface area contributed by atoms with Gasteiger partial charge in [-0.25, -0.2) is 0 Å². The molecule has 1 aromatic rings. The van der Waals surface area contributed by atoms with Gasteiger partial charge in [0.2, 0.25) is 5.91 Å². The van der Waals surface area contributed by atoms with Crippen LogP contribution in [-0.4, -0.2) is 61.0 Å². The molecule has 1 aliphatic heterocycles. The van der Waals surface area contributed by atoms with Crippen LogP contribution in [0.2, 0.25) is 0 Å². The molecule has 1 amide bonds. The Morgan fingerprint density at radius 3 is 2.68 bits per heavy atom. The van der Waals surface area contributed by atoms with Crippen molar-refractivity contribution in [2.45, 2.75) is 25.5 Å². The lowest BCUT2D eigenvalue weighted by molar-refractivity contribution is 0.0816. The minimum Gasteiger partial charge on any atom is -0.494 e. The Labute approximate surface area is 130 Å². The van der Waals surface area contributed by atoms with Gasteiger partial charge in [0.25, 0.3) is 0 Å². The van der Waals surface area contributed by atoms with Gasteiger partial charge in [-0.05, 0) is 37.2 Å². The van der Waals surface area contributed by atoms with Crippen LogP contribution in [0.25, 0.3) is 0 Å². The summed E-state index contributed by atoms with van der Waals surface area (Å²) in [4.78, 5) is 13.2. The molecule has 2 rings (SSSR count). The highest BCUT2D eigenvalue weighted by atomic mass is 16.5. The molecular weight excluding hydrogens is 284 g/mol. The van der Waals surface area contributed by atoms with Gasteiger partial charge in [-0.2, -0.15) is 0 Å². The monoisotopic (exact) mass is 308 g/mol. The molecule has 0 aromatic heterocycles. The lowest BCUT2D eigenvalue weighted by Gasteiger charge is -2.28. The minimum atomic E-state index is -0.442. The van der Waals surface area contributed by atoms with E-state index < -0.39 is 12.0 Å². The molecule has 22 heavy (non-hydrogen) atoms. The number of aliphatic hydroxyl groups excluding tert-OH is 1. The predicted octanol–water partition coefficient (Wildman–Crippen LogP) is 0.636. The summed E-state index contributed by atoms with van der Waals surface area (Å²) in [6.07, 6.45) is 0.455. The zero-order chi connectivity index (χ0) is 15.9. The first-order valence-electron chi connectivity index (χ1n) is 7.64. The Bertz CT molecular complexity index is 478. The van der Waals surface area contributed by atoms with E-state index in [1.54, 1.807) is 24.3 Å². The maximum Gasteiger partial charge on any atom is 0.248 e. The molecule has 1 saturated heterocycles. The quantitative estimate of drug-likeness (QED) is 0.688. The molecular formula is C16H24N2O4. The second-order valence-corrected chi connectivity index (χ2v) is 5.39. The molecule has 1 aliphatic rings. The number of amides is 1.